The van der Waals surface area contributed by atoms with Crippen LogP contribution in [0.4, 0.5) is 5.69 Å². The summed E-state index contributed by atoms with van der Waals surface area (Å²) in [7, 11) is 2.67. The maximum absolute atomic E-state index is 10.9. The van der Waals surface area contributed by atoms with Crippen molar-refractivity contribution in [2.45, 2.75) is 23.6 Å². The van der Waals surface area contributed by atoms with Crippen molar-refractivity contribution in [3.63, 3.8) is 0 Å². The minimum atomic E-state index is -3.91. The lowest BCUT2D eigenvalue weighted by molar-refractivity contribution is -0.385. The second kappa shape index (κ2) is 8.13. The summed E-state index contributed by atoms with van der Waals surface area (Å²) in [6.45, 7) is 3.40. The number of rotatable bonds is 3. The van der Waals surface area contributed by atoms with Gasteiger partial charge in [-0.3, -0.25) is 10.1 Å². The molecule has 0 spiro atoms. The van der Waals surface area contributed by atoms with Crippen LogP contribution in [0, 0.1) is 24.0 Å². The summed E-state index contributed by atoms with van der Waals surface area (Å²) < 4.78 is 43.1. The Labute approximate surface area is 154 Å². The zero-order valence-electron chi connectivity index (χ0n) is 13.0. The summed E-state index contributed by atoms with van der Waals surface area (Å²) >= 11 is 0. The topological polar surface area (TPSA) is 111 Å². The lowest BCUT2D eigenvalue weighted by Crippen LogP contribution is -1.96. The molecule has 0 saturated carbocycles. The molecule has 0 bridgehead atoms. The fourth-order valence-electron chi connectivity index (χ4n) is 1.64. The van der Waals surface area contributed by atoms with E-state index < -0.39 is 23.0 Å². The summed E-state index contributed by atoms with van der Waals surface area (Å²) in [4.78, 5) is 9.69. The molecule has 11 heteroatoms. The number of aryl methyl sites for hydroxylation is 2. The number of nitrogens with zero attached hydrogens (tertiary/aromatic N) is 1. The average molecular weight is 426 g/mol. The Morgan fingerprint density at radius 2 is 1.28 bits per heavy atom. The van der Waals surface area contributed by atoms with Gasteiger partial charge in [0.2, 0.25) is 0 Å². The minimum Gasteiger partial charge on any atom is -0.258 e. The molecule has 0 radical (unpaired) electrons. The Kier molecular flexibility index (Phi) is 6.95. The van der Waals surface area contributed by atoms with E-state index in [2.05, 4.69) is 0 Å². The van der Waals surface area contributed by atoms with Crippen LogP contribution >= 0.6 is 21.4 Å². The Hall–Kier alpha value is -1.68. The van der Waals surface area contributed by atoms with E-state index in [0.29, 0.717) is 5.56 Å². The van der Waals surface area contributed by atoms with E-state index in [4.69, 9.17) is 21.4 Å². The van der Waals surface area contributed by atoms with Gasteiger partial charge < -0.3 is 0 Å². The van der Waals surface area contributed by atoms with Crippen molar-refractivity contribution in [1.29, 1.82) is 0 Å². The highest BCUT2D eigenvalue weighted by atomic mass is 35.7. The fourth-order valence-corrected chi connectivity index (χ4v) is 3.18. The maximum Gasteiger partial charge on any atom is 0.273 e. The van der Waals surface area contributed by atoms with Gasteiger partial charge in [-0.25, -0.2) is 16.8 Å². The van der Waals surface area contributed by atoms with E-state index in [1.807, 2.05) is 6.92 Å². The van der Waals surface area contributed by atoms with Gasteiger partial charge in [0.15, 0.2) is 0 Å². The number of nitro groups is 1. The molecule has 0 aliphatic carbocycles. The van der Waals surface area contributed by atoms with Crippen LogP contribution in [0.1, 0.15) is 11.1 Å². The Morgan fingerprint density at radius 3 is 1.68 bits per heavy atom. The number of benzene rings is 2. The molecule has 2 aromatic carbocycles. The van der Waals surface area contributed by atoms with Crippen molar-refractivity contribution in [3.05, 3.63) is 63.7 Å². The maximum atomic E-state index is 10.9. The zero-order valence-corrected chi connectivity index (χ0v) is 16.2. The Morgan fingerprint density at radius 1 is 0.840 bits per heavy atom. The molecule has 0 saturated heterocycles. The quantitative estimate of drug-likeness (QED) is 0.420. The van der Waals surface area contributed by atoms with E-state index in [0.717, 1.165) is 11.6 Å². The smallest absolute Gasteiger partial charge is 0.258 e. The molecule has 7 nitrogen and oxygen atoms in total. The average Bonchev–Trinajstić information content (AvgIpc) is 2.46. The van der Waals surface area contributed by atoms with E-state index in [9.17, 15) is 26.9 Å². The van der Waals surface area contributed by atoms with Crippen LogP contribution in [-0.4, -0.2) is 21.8 Å². The molecule has 0 aliphatic heterocycles. The first-order valence-corrected chi connectivity index (χ1v) is 11.2. The molecular weight excluding hydrogens is 413 g/mol. The van der Waals surface area contributed by atoms with Crippen molar-refractivity contribution in [1.82, 2.24) is 0 Å². The molecule has 0 aliphatic rings. The molecule has 0 fully saturated rings. The van der Waals surface area contributed by atoms with Gasteiger partial charge in [0.1, 0.15) is 0 Å². The number of nitro benzene ring substituents is 1. The summed E-state index contributed by atoms with van der Waals surface area (Å²) in [6, 6.07) is 9.88. The fraction of sp³-hybridized carbons (Fsp3) is 0.143. The van der Waals surface area contributed by atoms with Crippen molar-refractivity contribution in [2.75, 3.05) is 0 Å². The molecule has 2 aromatic rings. The summed E-state index contributed by atoms with van der Waals surface area (Å²) in [5, 5.41) is 10.5. The second-order valence-electron chi connectivity index (χ2n) is 4.89. The van der Waals surface area contributed by atoms with Gasteiger partial charge in [-0.2, -0.15) is 0 Å². The van der Waals surface area contributed by atoms with Gasteiger partial charge in [-0.15, -0.1) is 0 Å². The molecule has 136 valence electrons. The van der Waals surface area contributed by atoms with Crippen LogP contribution in [0.15, 0.2) is 52.3 Å². The molecule has 2 rings (SSSR count). The highest BCUT2D eigenvalue weighted by molar-refractivity contribution is 8.14. The molecule has 0 heterocycles. The van der Waals surface area contributed by atoms with E-state index in [1.165, 1.54) is 31.2 Å². The predicted octanol–water partition coefficient (Wildman–Crippen LogP) is 3.75. The third kappa shape index (κ3) is 6.62. The van der Waals surface area contributed by atoms with E-state index >= 15 is 0 Å². The lowest BCUT2D eigenvalue weighted by atomic mass is 10.2. The highest BCUT2D eigenvalue weighted by Gasteiger charge is 2.17. The van der Waals surface area contributed by atoms with Gasteiger partial charge in [0, 0.05) is 33.0 Å². The third-order valence-electron chi connectivity index (χ3n) is 2.96. The van der Waals surface area contributed by atoms with Crippen LogP contribution in [0.5, 0.6) is 0 Å². The number of hydrogen-bond acceptors (Lipinski definition) is 6. The molecule has 0 unspecified atom stereocenters. The highest BCUT2D eigenvalue weighted by Crippen LogP contribution is 2.24. The summed E-state index contributed by atoms with van der Waals surface area (Å²) in [6.07, 6.45) is 0. The van der Waals surface area contributed by atoms with Crippen LogP contribution in [-0.2, 0) is 18.1 Å². The Bertz CT molecular complexity index is 986. The van der Waals surface area contributed by atoms with Gasteiger partial charge in [0.05, 0.1) is 14.7 Å². The minimum absolute atomic E-state index is 0.143. The molecular formula is C14H13Cl2NO6S2. The molecule has 25 heavy (non-hydrogen) atoms. The molecule has 0 atom stereocenters. The van der Waals surface area contributed by atoms with Crippen LogP contribution < -0.4 is 0 Å². The predicted molar refractivity (Wildman–Crippen MR) is 95.1 cm³/mol. The first-order valence-electron chi connectivity index (χ1n) is 6.53. The summed E-state index contributed by atoms with van der Waals surface area (Å²) in [5.41, 5.74) is 1.14. The van der Waals surface area contributed by atoms with Gasteiger partial charge >= 0.3 is 0 Å². The van der Waals surface area contributed by atoms with E-state index in [-0.39, 0.29) is 15.5 Å². The van der Waals surface area contributed by atoms with Crippen LogP contribution in [0.25, 0.3) is 0 Å². The van der Waals surface area contributed by atoms with Gasteiger partial charge in [-0.1, -0.05) is 23.8 Å². The first-order chi connectivity index (χ1) is 11.3. The standard InChI is InChI=1S/C7H6ClNO4S.C7H7ClO2S/c1-5-2-3-6(14(8,12)13)4-7(5)9(10)11;1-6-2-4-7(5-3-6)11(8,9)10/h2-4H,1H3;2-5H,1H3. The van der Waals surface area contributed by atoms with Crippen molar-refractivity contribution < 1.29 is 21.8 Å². The summed E-state index contributed by atoms with van der Waals surface area (Å²) in [5.74, 6) is 0. The molecule has 0 N–H and O–H groups in total. The van der Waals surface area contributed by atoms with Crippen LogP contribution in [0.2, 0.25) is 0 Å². The third-order valence-corrected chi connectivity index (χ3v) is 5.68. The molecule has 0 aromatic heterocycles. The van der Waals surface area contributed by atoms with Crippen molar-refractivity contribution in [2.24, 2.45) is 0 Å². The van der Waals surface area contributed by atoms with E-state index in [1.54, 1.807) is 12.1 Å². The van der Waals surface area contributed by atoms with Gasteiger partial charge in [0.25, 0.3) is 23.8 Å². The Balaban J connectivity index is 0.000000257. The monoisotopic (exact) mass is 425 g/mol. The van der Waals surface area contributed by atoms with Crippen molar-refractivity contribution >= 4 is 45.2 Å². The van der Waals surface area contributed by atoms with Crippen LogP contribution in [0.3, 0.4) is 0 Å². The lowest BCUT2D eigenvalue weighted by Gasteiger charge is -1.98. The first kappa shape index (κ1) is 21.4. The van der Waals surface area contributed by atoms with Gasteiger partial charge in [-0.05, 0) is 32.0 Å². The molecule has 0 amide bonds. The number of hydrogen-bond donors (Lipinski definition) is 0. The zero-order chi connectivity index (χ0) is 19.4. The van der Waals surface area contributed by atoms with Crippen molar-refractivity contribution in [3.8, 4) is 0 Å². The second-order valence-corrected chi connectivity index (χ2v) is 10.0. The normalized spacial score (nSPS) is 11.4. The SMILES string of the molecule is Cc1ccc(S(=O)(=O)Cl)cc1.Cc1ccc(S(=O)(=O)Cl)cc1[N+](=O)[O-]. The largest absolute Gasteiger partial charge is 0.273 e. The number of halogens is 2.